The maximum absolute atomic E-state index is 8.95. The smallest absolute Gasteiger partial charge is 0.423 e. The lowest BCUT2D eigenvalue weighted by molar-refractivity contribution is 0.425. The Morgan fingerprint density at radius 2 is 2.00 bits per heavy atom. The standard InChI is InChI=1S/C7H7BBrClO2/c1-4-2-3-5(10)6(7(4)9)8(11)12/h2-3,11-12H,1H3. The van der Waals surface area contributed by atoms with Crippen molar-refractivity contribution < 1.29 is 10.0 Å². The summed E-state index contributed by atoms with van der Waals surface area (Å²) in [5, 5.41) is 18.3. The van der Waals surface area contributed by atoms with Gasteiger partial charge in [0.1, 0.15) is 0 Å². The van der Waals surface area contributed by atoms with E-state index in [1.54, 1.807) is 12.1 Å². The van der Waals surface area contributed by atoms with E-state index in [1.165, 1.54) is 0 Å². The van der Waals surface area contributed by atoms with E-state index in [-0.39, 0.29) is 0 Å². The molecule has 1 aromatic rings. The summed E-state index contributed by atoms with van der Waals surface area (Å²) in [5.41, 5.74) is 1.24. The SMILES string of the molecule is Cc1ccc(Cl)c(B(O)O)c1Br. The molecule has 2 nitrogen and oxygen atoms in total. The van der Waals surface area contributed by atoms with E-state index in [9.17, 15) is 0 Å². The highest BCUT2D eigenvalue weighted by molar-refractivity contribution is 9.10. The summed E-state index contributed by atoms with van der Waals surface area (Å²) in [6, 6.07) is 3.44. The van der Waals surface area contributed by atoms with Crippen LogP contribution in [-0.4, -0.2) is 17.2 Å². The molecule has 0 unspecified atom stereocenters. The van der Waals surface area contributed by atoms with E-state index in [0.717, 1.165) is 5.56 Å². The molecule has 0 fully saturated rings. The Morgan fingerprint density at radius 3 is 2.42 bits per heavy atom. The topological polar surface area (TPSA) is 40.5 Å². The van der Waals surface area contributed by atoms with E-state index < -0.39 is 7.12 Å². The van der Waals surface area contributed by atoms with Gasteiger partial charge in [-0.3, -0.25) is 0 Å². The predicted molar refractivity (Wildman–Crippen MR) is 53.7 cm³/mol. The van der Waals surface area contributed by atoms with Gasteiger partial charge < -0.3 is 10.0 Å². The molecule has 64 valence electrons. The Kier molecular flexibility index (Phi) is 3.18. The Hall–Kier alpha value is -0.0251. The van der Waals surface area contributed by atoms with Crippen LogP contribution < -0.4 is 5.46 Å². The number of rotatable bonds is 1. The van der Waals surface area contributed by atoms with Crippen LogP contribution in [0.5, 0.6) is 0 Å². The van der Waals surface area contributed by atoms with Gasteiger partial charge in [0.25, 0.3) is 0 Å². The second kappa shape index (κ2) is 3.79. The number of hydrogen-bond donors (Lipinski definition) is 2. The van der Waals surface area contributed by atoms with Gasteiger partial charge in [-0.2, -0.15) is 0 Å². The molecule has 0 aliphatic rings. The molecule has 0 amide bonds. The van der Waals surface area contributed by atoms with E-state index in [4.69, 9.17) is 21.6 Å². The third-order valence-electron chi connectivity index (χ3n) is 1.58. The van der Waals surface area contributed by atoms with Crippen molar-refractivity contribution in [3.63, 3.8) is 0 Å². The lowest BCUT2D eigenvalue weighted by Crippen LogP contribution is -2.32. The van der Waals surface area contributed by atoms with Gasteiger partial charge >= 0.3 is 7.12 Å². The van der Waals surface area contributed by atoms with Crippen LogP contribution in [-0.2, 0) is 0 Å². The largest absolute Gasteiger partial charge is 0.491 e. The second-order valence-electron chi connectivity index (χ2n) is 2.47. The summed E-state index contributed by atoms with van der Waals surface area (Å²) >= 11 is 8.97. The average Bonchev–Trinajstić information content (AvgIpc) is 1.97. The highest BCUT2D eigenvalue weighted by atomic mass is 79.9. The Labute approximate surface area is 84.4 Å². The van der Waals surface area contributed by atoms with Gasteiger partial charge in [0.15, 0.2) is 0 Å². The first kappa shape index (κ1) is 10.1. The van der Waals surface area contributed by atoms with Crippen LogP contribution in [0.3, 0.4) is 0 Å². The van der Waals surface area contributed by atoms with Crippen LogP contribution in [0.4, 0.5) is 0 Å². The Bertz CT molecular complexity index is 304. The number of benzene rings is 1. The minimum atomic E-state index is -1.54. The van der Waals surface area contributed by atoms with Crippen molar-refractivity contribution in [1.29, 1.82) is 0 Å². The van der Waals surface area contributed by atoms with E-state index in [0.29, 0.717) is 15.0 Å². The molecule has 12 heavy (non-hydrogen) atoms. The molecule has 0 spiro atoms. The van der Waals surface area contributed by atoms with Crippen LogP contribution in [0.2, 0.25) is 5.02 Å². The molecule has 0 bridgehead atoms. The van der Waals surface area contributed by atoms with Gasteiger partial charge in [-0.15, -0.1) is 0 Å². The molecule has 0 heterocycles. The fourth-order valence-corrected chi connectivity index (χ4v) is 1.83. The number of aryl methyl sites for hydroxylation is 1. The van der Waals surface area contributed by atoms with Crippen LogP contribution >= 0.6 is 27.5 Å². The van der Waals surface area contributed by atoms with Crippen molar-refractivity contribution >= 4 is 40.1 Å². The first-order valence-corrected chi connectivity index (χ1v) is 4.51. The molecule has 0 aromatic heterocycles. The fraction of sp³-hybridized carbons (Fsp3) is 0.143. The quantitative estimate of drug-likeness (QED) is 0.731. The van der Waals surface area contributed by atoms with Crippen LogP contribution in [0.25, 0.3) is 0 Å². The summed E-state index contributed by atoms with van der Waals surface area (Å²) in [6.07, 6.45) is 0. The average molecular weight is 249 g/mol. The summed E-state index contributed by atoms with van der Waals surface area (Å²) in [4.78, 5) is 0. The van der Waals surface area contributed by atoms with Crippen molar-refractivity contribution in [2.75, 3.05) is 0 Å². The lowest BCUT2D eigenvalue weighted by Gasteiger charge is -2.07. The van der Waals surface area contributed by atoms with Gasteiger partial charge in [0.2, 0.25) is 0 Å². The first-order chi connectivity index (χ1) is 5.54. The molecule has 0 saturated carbocycles. The highest BCUT2D eigenvalue weighted by Gasteiger charge is 2.19. The minimum Gasteiger partial charge on any atom is -0.423 e. The zero-order valence-electron chi connectivity index (χ0n) is 6.38. The molecule has 1 aromatic carbocycles. The molecule has 0 aliphatic carbocycles. The summed E-state index contributed by atoms with van der Waals surface area (Å²) < 4.78 is 0.644. The van der Waals surface area contributed by atoms with Crippen molar-refractivity contribution in [3.8, 4) is 0 Å². The van der Waals surface area contributed by atoms with Crippen molar-refractivity contribution in [2.24, 2.45) is 0 Å². The summed E-state index contributed by atoms with van der Waals surface area (Å²) in [7, 11) is -1.54. The maximum atomic E-state index is 8.95. The molecule has 2 N–H and O–H groups in total. The second-order valence-corrected chi connectivity index (χ2v) is 3.67. The number of halogens is 2. The van der Waals surface area contributed by atoms with E-state index >= 15 is 0 Å². The molecular weight excluding hydrogens is 242 g/mol. The number of hydrogen-bond acceptors (Lipinski definition) is 2. The zero-order chi connectivity index (χ0) is 9.30. The summed E-state index contributed by atoms with van der Waals surface area (Å²) in [6.45, 7) is 1.85. The molecule has 1 rings (SSSR count). The van der Waals surface area contributed by atoms with Gasteiger partial charge in [0.05, 0.1) is 0 Å². The zero-order valence-corrected chi connectivity index (χ0v) is 8.72. The Balaban J connectivity index is 3.33. The highest BCUT2D eigenvalue weighted by Crippen LogP contribution is 2.18. The molecule has 5 heteroatoms. The van der Waals surface area contributed by atoms with Crippen molar-refractivity contribution in [1.82, 2.24) is 0 Å². The third-order valence-corrected chi connectivity index (χ3v) is 2.96. The van der Waals surface area contributed by atoms with Crippen LogP contribution in [0, 0.1) is 6.92 Å². The normalized spacial score (nSPS) is 10.1. The monoisotopic (exact) mass is 248 g/mol. The predicted octanol–water partition coefficient (Wildman–Crippen LogP) is 1.09. The molecule has 0 saturated heterocycles. The fourth-order valence-electron chi connectivity index (χ4n) is 0.915. The molecule has 0 aliphatic heterocycles. The van der Waals surface area contributed by atoms with Crippen molar-refractivity contribution in [3.05, 3.63) is 27.2 Å². The van der Waals surface area contributed by atoms with Gasteiger partial charge in [-0.05, 0) is 18.6 Å². The van der Waals surface area contributed by atoms with E-state index in [1.807, 2.05) is 6.92 Å². The summed E-state index contributed by atoms with van der Waals surface area (Å²) in [5.74, 6) is 0. The third kappa shape index (κ3) is 1.83. The molecule has 0 atom stereocenters. The van der Waals surface area contributed by atoms with Crippen LogP contribution in [0.1, 0.15) is 5.56 Å². The van der Waals surface area contributed by atoms with Crippen molar-refractivity contribution in [2.45, 2.75) is 6.92 Å². The minimum absolute atomic E-state index is 0.316. The molecule has 0 radical (unpaired) electrons. The molecular formula is C7H7BBrClO2. The lowest BCUT2D eigenvalue weighted by atomic mass is 9.79. The van der Waals surface area contributed by atoms with Gasteiger partial charge in [0, 0.05) is 15.0 Å². The first-order valence-electron chi connectivity index (χ1n) is 3.34. The van der Waals surface area contributed by atoms with E-state index in [2.05, 4.69) is 15.9 Å². The van der Waals surface area contributed by atoms with Crippen LogP contribution in [0.15, 0.2) is 16.6 Å². The van der Waals surface area contributed by atoms with Gasteiger partial charge in [-0.25, -0.2) is 0 Å². The van der Waals surface area contributed by atoms with Gasteiger partial charge in [-0.1, -0.05) is 33.6 Å². The maximum Gasteiger partial charge on any atom is 0.491 e. The Morgan fingerprint density at radius 1 is 1.42 bits per heavy atom.